The van der Waals surface area contributed by atoms with E-state index in [9.17, 15) is 13.5 Å². The Bertz CT molecular complexity index is 800. The lowest BCUT2D eigenvalue weighted by atomic mass is 10.2. The zero-order valence-electron chi connectivity index (χ0n) is 12.1. The van der Waals surface area contributed by atoms with E-state index in [-0.39, 0.29) is 22.6 Å². The predicted molar refractivity (Wildman–Crippen MR) is 87.8 cm³/mol. The fourth-order valence-electron chi connectivity index (χ4n) is 2.43. The van der Waals surface area contributed by atoms with Gasteiger partial charge in [-0.15, -0.1) is 0 Å². The van der Waals surface area contributed by atoms with Crippen molar-refractivity contribution in [3.05, 3.63) is 35.2 Å². The van der Waals surface area contributed by atoms with Crippen LogP contribution in [0.4, 0.5) is 5.82 Å². The molecule has 1 saturated heterocycles. The third-order valence-corrected chi connectivity index (χ3v) is 5.40. The van der Waals surface area contributed by atoms with Crippen molar-refractivity contribution in [2.75, 3.05) is 11.3 Å². The number of nitrogens with one attached hydrogen (secondary N) is 1. The monoisotopic (exact) mass is 401 g/mol. The normalized spacial score (nSPS) is 18.2. The van der Waals surface area contributed by atoms with Gasteiger partial charge in [0.05, 0.1) is 12.4 Å². The number of nitrogens with zero attached hydrogens (tertiary/aromatic N) is 2. The minimum atomic E-state index is -3.92. The maximum atomic E-state index is 12.4. The minimum absolute atomic E-state index is 0.141. The Labute approximate surface area is 142 Å². The fourth-order valence-corrected chi connectivity index (χ4v) is 4.06. The van der Waals surface area contributed by atoms with Crippen LogP contribution in [0.25, 0.3) is 0 Å². The molecular weight excluding hydrogens is 386 g/mol. The number of phenolic OH excluding ortho intramolecular Hbond substituents is 1. The summed E-state index contributed by atoms with van der Waals surface area (Å²) in [5.41, 5.74) is 0. The molecule has 2 heterocycles. The summed E-state index contributed by atoms with van der Waals surface area (Å²) in [6, 6.07) is 4.21. The van der Waals surface area contributed by atoms with Crippen molar-refractivity contribution in [1.29, 1.82) is 0 Å². The highest BCUT2D eigenvalue weighted by Crippen LogP contribution is 2.27. The molecule has 1 unspecified atom stereocenters. The van der Waals surface area contributed by atoms with Gasteiger partial charge in [0.2, 0.25) is 0 Å². The number of ether oxygens (including phenoxy) is 1. The largest absolute Gasteiger partial charge is 0.507 e. The Balaban J connectivity index is 1.75. The Morgan fingerprint density at radius 1 is 1.48 bits per heavy atom. The Kier molecular flexibility index (Phi) is 4.60. The van der Waals surface area contributed by atoms with Crippen LogP contribution in [0.3, 0.4) is 0 Å². The maximum absolute atomic E-state index is 12.4. The molecule has 124 valence electrons. The number of hydrogen-bond donors (Lipinski definition) is 2. The number of rotatable bonds is 5. The van der Waals surface area contributed by atoms with Gasteiger partial charge in [-0.3, -0.25) is 4.72 Å². The Hall–Kier alpha value is -1.58. The van der Waals surface area contributed by atoms with Crippen molar-refractivity contribution in [1.82, 2.24) is 9.55 Å². The number of imidazole rings is 1. The van der Waals surface area contributed by atoms with Crippen LogP contribution < -0.4 is 4.72 Å². The van der Waals surface area contributed by atoms with Gasteiger partial charge < -0.3 is 14.4 Å². The molecule has 0 saturated carbocycles. The smallest absolute Gasteiger partial charge is 0.266 e. The van der Waals surface area contributed by atoms with E-state index in [0.29, 0.717) is 11.0 Å². The number of aromatic hydroxyl groups is 1. The van der Waals surface area contributed by atoms with Gasteiger partial charge in [-0.2, -0.15) is 0 Å². The van der Waals surface area contributed by atoms with Crippen molar-refractivity contribution in [3.8, 4) is 5.75 Å². The SMILES string of the molecule is O=S(=O)(Nc1cn(CC2CCCO2)cn1)c1cc(Br)ccc1O. The third-order valence-electron chi connectivity index (χ3n) is 3.52. The zero-order chi connectivity index (χ0) is 16.4. The Morgan fingerprint density at radius 2 is 2.30 bits per heavy atom. The van der Waals surface area contributed by atoms with Crippen molar-refractivity contribution in [2.45, 2.75) is 30.4 Å². The number of anilines is 1. The van der Waals surface area contributed by atoms with Gasteiger partial charge in [0.15, 0.2) is 5.82 Å². The first kappa shape index (κ1) is 16.3. The summed E-state index contributed by atoms with van der Waals surface area (Å²) in [5.74, 6) is -0.123. The molecule has 0 aliphatic carbocycles. The number of sulfonamides is 1. The lowest BCUT2D eigenvalue weighted by Gasteiger charge is -2.09. The summed E-state index contributed by atoms with van der Waals surface area (Å²) < 4.78 is 35.0. The molecule has 0 bridgehead atoms. The van der Waals surface area contributed by atoms with Crippen molar-refractivity contribution >= 4 is 31.8 Å². The number of benzene rings is 1. The van der Waals surface area contributed by atoms with Crippen LogP contribution in [0.2, 0.25) is 0 Å². The van der Waals surface area contributed by atoms with Crippen molar-refractivity contribution < 1.29 is 18.3 Å². The molecule has 2 N–H and O–H groups in total. The van der Waals surface area contributed by atoms with Crippen LogP contribution in [0.15, 0.2) is 40.1 Å². The van der Waals surface area contributed by atoms with Gasteiger partial charge in [0, 0.05) is 23.8 Å². The van der Waals surface area contributed by atoms with E-state index in [4.69, 9.17) is 4.74 Å². The maximum Gasteiger partial charge on any atom is 0.266 e. The standard InChI is InChI=1S/C14H16BrN3O4S/c15-10-3-4-12(19)13(6-10)23(20,21)17-14-8-18(9-16-14)7-11-2-1-5-22-11/h3-4,6,8-9,11,17,19H,1-2,5,7H2. The lowest BCUT2D eigenvalue weighted by Crippen LogP contribution is -2.14. The number of aromatic nitrogens is 2. The fraction of sp³-hybridized carbons (Fsp3) is 0.357. The highest BCUT2D eigenvalue weighted by molar-refractivity contribution is 9.10. The van der Waals surface area contributed by atoms with E-state index < -0.39 is 10.0 Å². The van der Waals surface area contributed by atoms with Crippen LogP contribution >= 0.6 is 15.9 Å². The number of hydrogen-bond acceptors (Lipinski definition) is 5. The van der Waals surface area contributed by atoms with Crippen LogP contribution in [-0.2, 0) is 21.3 Å². The highest BCUT2D eigenvalue weighted by atomic mass is 79.9. The van der Waals surface area contributed by atoms with E-state index in [1.54, 1.807) is 23.2 Å². The van der Waals surface area contributed by atoms with Gasteiger partial charge in [-0.1, -0.05) is 15.9 Å². The zero-order valence-corrected chi connectivity index (χ0v) is 14.5. The van der Waals surface area contributed by atoms with E-state index in [1.807, 2.05) is 0 Å². The third kappa shape index (κ3) is 3.85. The summed E-state index contributed by atoms with van der Waals surface area (Å²) in [4.78, 5) is 3.84. The lowest BCUT2D eigenvalue weighted by molar-refractivity contribution is 0.0970. The topological polar surface area (TPSA) is 93.5 Å². The summed E-state index contributed by atoms with van der Waals surface area (Å²) in [6.45, 7) is 1.40. The van der Waals surface area contributed by atoms with E-state index in [0.717, 1.165) is 19.4 Å². The average Bonchev–Trinajstić information content (AvgIpc) is 3.14. The molecular formula is C14H16BrN3O4S. The summed E-state index contributed by atoms with van der Waals surface area (Å²) >= 11 is 3.19. The second-order valence-electron chi connectivity index (χ2n) is 5.31. The molecule has 9 heteroatoms. The number of phenols is 1. The molecule has 1 aromatic heterocycles. The minimum Gasteiger partial charge on any atom is -0.507 e. The second kappa shape index (κ2) is 6.50. The highest BCUT2D eigenvalue weighted by Gasteiger charge is 2.21. The first-order valence-corrected chi connectivity index (χ1v) is 9.36. The molecule has 0 spiro atoms. The molecule has 1 atom stereocenters. The molecule has 2 aromatic rings. The van der Waals surface area contributed by atoms with Gasteiger partial charge >= 0.3 is 0 Å². The molecule has 0 radical (unpaired) electrons. The average molecular weight is 402 g/mol. The van der Waals surface area contributed by atoms with E-state index in [2.05, 4.69) is 25.6 Å². The molecule has 1 aliphatic heterocycles. The quantitative estimate of drug-likeness (QED) is 0.801. The Morgan fingerprint density at radius 3 is 3.04 bits per heavy atom. The molecule has 23 heavy (non-hydrogen) atoms. The first-order chi connectivity index (χ1) is 10.9. The predicted octanol–water partition coefficient (Wildman–Crippen LogP) is 2.33. The van der Waals surface area contributed by atoms with Crippen LogP contribution in [0.1, 0.15) is 12.8 Å². The molecule has 1 aliphatic rings. The van der Waals surface area contributed by atoms with Crippen molar-refractivity contribution in [3.63, 3.8) is 0 Å². The van der Waals surface area contributed by atoms with E-state index >= 15 is 0 Å². The first-order valence-electron chi connectivity index (χ1n) is 7.09. The summed E-state index contributed by atoms with van der Waals surface area (Å²) in [7, 11) is -3.92. The van der Waals surface area contributed by atoms with Crippen LogP contribution in [-0.4, -0.2) is 35.8 Å². The number of halogens is 1. The molecule has 7 nitrogen and oxygen atoms in total. The molecule has 1 aromatic carbocycles. The van der Waals surface area contributed by atoms with Crippen molar-refractivity contribution in [2.24, 2.45) is 0 Å². The molecule has 1 fully saturated rings. The molecule has 3 rings (SSSR count). The van der Waals surface area contributed by atoms with E-state index in [1.165, 1.54) is 12.1 Å². The van der Waals surface area contributed by atoms with Crippen LogP contribution in [0.5, 0.6) is 5.75 Å². The van der Waals surface area contributed by atoms with Gasteiger partial charge in [-0.25, -0.2) is 13.4 Å². The molecule has 0 amide bonds. The van der Waals surface area contributed by atoms with Gasteiger partial charge in [-0.05, 0) is 31.0 Å². The summed E-state index contributed by atoms with van der Waals surface area (Å²) in [5, 5.41) is 9.76. The van der Waals surface area contributed by atoms with Gasteiger partial charge in [0.1, 0.15) is 10.6 Å². The second-order valence-corrected chi connectivity index (χ2v) is 7.87. The van der Waals surface area contributed by atoms with Gasteiger partial charge in [0.25, 0.3) is 10.0 Å². The summed E-state index contributed by atoms with van der Waals surface area (Å²) in [6.07, 6.45) is 5.34. The van der Waals surface area contributed by atoms with Crippen LogP contribution in [0, 0.1) is 0 Å².